The summed E-state index contributed by atoms with van der Waals surface area (Å²) >= 11 is 0. The van der Waals surface area contributed by atoms with Crippen LogP contribution in [0.4, 0.5) is 4.39 Å². The molecular formula is C12H15ClFNO3S. The molecule has 0 atom stereocenters. The minimum Gasteiger partial charge on any atom is -0.349 e. The number of amides is 1. The molecule has 0 aliphatic carbocycles. The molecule has 0 spiro atoms. The number of carbonyl (C=O) groups is 1. The van der Waals surface area contributed by atoms with Crippen molar-refractivity contribution in [2.24, 2.45) is 0 Å². The van der Waals surface area contributed by atoms with Gasteiger partial charge in [0.2, 0.25) is 0 Å². The molecule has 7 heteroatoms. The van der Waals surface area contributed by atoms with Crippen molar-refractivity contribution in [3.05, 3.63) is 29.6 Å². The van der Waals surface area contributed by atoms with E-state index in [2.05, 4.69) is 5.32 Å². The molecule has 0 aliphatic rings. The van der Waals surface area contributed by atoms with Gasteiger partial charge in [-0.15, -0.1) is 0 Å². The summed E-state index contributed by atoms with van der Waals surface area (Å²) in [7, 11) is 1.10. The highest BCUT2D eigenvalue weighted by Crippen LogP contribution is 2.18. The van der Waals surface area contributed by atoms with Crippen LogP contribution in [0, 0.1) is 5.82 Å². The molecule has 0 fully saturated rings. The van der Waals surface area contributed by atoms with Gasteiger partial charge in [0, 0.05) is 16.7 Å². The highest BCUT2D eigenvalue weighted by molar-refractivity contribution is 8.13. The van der Waals surface area contributed by atoms with E-state index in [0.29, 0.717) is 0 Å². The van der Waals surface area contributed by atoms with Gasteiger partial charge in [0.15, 0.2) is 0 Å². The van der Waals surface area contributed by atoms with Crippen molar-refractivity contribution in [3.63, 3.8) is 0 Å². The first-order valence-electron chi connectivity index (χ1n) is 5.84. The molecule has 4 nitrogen and oxygen atoms in total. The van der Waals surface area contributed by atoms with Crippen LogP contribution in [0.25, 0.3) is 0 Å². The van der Waals surface area contributed by atoms with E-state index in [1.54, 1.807) is 0 Å². The Bertz CT molecular complexity index is 570. The topological polar surface area (TPSA) is 63.2 Å². The molecular weight excluding hydrogens is 293 g/mol. The normalized spacial score (nSPS) is 11.6. The Morgan fingerprint density at radius 3 is 2.37 bits per heavy atom. The number of carbonyl (C=O) groups excluding carboxylic acids is 1. The standard InChI is InChI=1S/C12H15ClFNO3S/c1-3-8(4-2)15-12(16)10-6-5-9(7-11(10)14)19(13,17)18/h5-8H,3-4H2,1-2H3,(H,15,16). The fourth-order valence-electron chi connectivity index (χ4n) is 1.59. The maximum Gasteiger partial charge on any atom is 0.261 e. The quantitative estimate of drug-likeness (QED) is 0.851. The van der Waals surface area contributed by atoms with Crippen LogP contribution in [-0.2, 0) is 9.05 Å². The van der Waals surface area contributed by atoms with Gasteiger partial charge in [0.25, 0.3) is 15.0 Å². The third kappa shape index (κ3) is 4.18. The second-order valence-electron chi connectivity index (χ2n) is 4.07. The Hall–Kier alpha value is -1.14. The lowest BCUT2D eigenvalue weighted by Gasteiger charge is -2.15. The Labute approximate surface area is 116 Å². The van der Waals surface area contributed by atoms with Crippen molar-refractivity contribution in [1.82, 2.24) is 5.32 Å². The molecule has 1 rings (SSSR count). The summed E-state index contributed by atoms with van der Waals surface area (Å²) in [5.74, 6) is -1.48. The Balaban J connectivity index is 3.00. The maximum absolute atomic E-state index is 13.7. The molecule has 0 bridgehead atoms. The van der Waals surface area contributed by atoms with E-state index < -0.39 is 20.8 Å². The van der Waals surface area contributed by atoms with Crippen LogP contribution < -0.4 is 5.32 Å². The van der Waals surface area contributed by atoms with Crippen LogP contribution in [0.3, 0.4) is 0 Å². The van der Waals surface area contributed by atoms with E-state index in [1.807, 2.05) is 13.8 Å². The smallest absolute Gasteiger partial charge is 0.261 e. The molecule has 106 valence electrons. The van der Waals surface area contributed by atoms with Crippen LogP contribution in [-0.4, -0.2) is 20.4 Å². The van der Waals surface area contributed by atoms with E-state index in [4.69, 9.17) is 10.7 Å². The SMILES string of the molecule is CCC(CC)NC(=O)c1ccc(S(=O)(=O)Cl)cc1F. The van der Waals surface area contributed by atoms with Crippen molar-refractivity contribution in [1.29, 1.82) is 0 Å². The lowest BCUT2D eigenvalue weighted by Crippen LogP contribution is -2.34. The van der Waals surface area contributed by atoms with Gasteiger partial charge in [-0.2, -0.15) is 0 Å². The van der Waals surface area contributed by atoms with Crippen molar-refractivity contribution in [2.75, 3.05) is 0 Å². The third-order valence-electron chi connectivity index (χ3n) is 2.79. The highest BCUT2D eigenvalue weighted by atomic mass is 35.7. The second kappa shape index (κ2) is 6.34. The van der Waals surface area contributed by atoms with Crippen molar-refractivity contribution in [3.8, 4) is 0 Å². The molecule has 1 aromatic carbocycles. The van der Waals surface area contributed by atoms with Gasteiger partial charge in [-0.25, -0.2) is 12.8 Å². The zero-order valence-corrected chi connectivity index (χ0v) is 12.2. The predicted octanol–water partition coefficient (Wildman–Crippen LogP) is 2.67. The highest BCUT2D eigenvalue weighted by Gasteiger charge is 2.18. The van der Waals surface area contributed by atoms with E-state index in [1.165, 1.54) is 0 Å². The van der Waals surface area contributed by atoms with Gasteiger partial charge in [-0.1, -0.05) is 13.8 Å². The zero-order chi connectivity index (χ0) is 14.6. The average Bonchev–Trinajstić information content (AvgIpc) is 2.34. The molecule has 0 saturated carbocycles. The lowest BCUT2D eigenvalue weighted by atomic mass is 10.1. The Morgan fingerprint density at radius 1 is 1.37 bits per heavy atom. The van der Waals surface area contributed by atoms with Crippen LogP contribution >= 0.6 is 10.7 Å². The maximum atomic E-state index is 13.7. The van der Waals surface area contributed by atoms with E-state index >= 15 is 0 Å². The summed E-state index contributed by atoms with van der Waals surface area (Å²) in [6.07, 6.45) is 1.47. The fraction of sp³-hybridized carbons (Fsp3) is 0.417. The molecule has 1 amide bonds. The predicted molar refractivity (Wildman–Crippen MR) is 71.3 cm³/mol. The molecule has 1 N–H and O–H groups in total. The summed E-state index contributed by atoms with van der Waals surface area (Å²) in [4.78, 5) is 11.5. The van der Waals surface area contributed by atoms with Crippen molar-refractivity contribution < 1.29 is 17.6 Å². The molecule has 0 radical (unpaired) electrons. The van der Waals surface area contributed by atoms with Crippen molar-refractivity contribution in [2.45, 2.75) is 37.6 Å². The van der Waals surface area contributed by atoms with Gasteiger partial charge in [0.1, 0.15) is 5.82 Å². The fourth-order valence-corrected chi connectivity index (χ4v) is 2.35. The monoisotopic (exact) mass is 307 g/mol. The summed E-state index contributed by atoms with van der Waals surface area (Å²) in [6.45, 7) is 3.82. The molecule has 0 aliphatic heterocycles. The molecule has 0 heterocycles. The zero-order valence-electron chi connectivity index (χ0n) is 10.6. The first-order valence-corrected chi connectivity index (χ1v) is 8.15. The minimum atomic E-state index is -4.00. The Morgan fingerprint density at radius 2 is 1.95 bits per heavy atom. The minimum absolute atomic E-state index is 0.0386. The van der Waals surface area contributed by atoms with Gasteiger partial charge >= 0.3 is 0 Å². The van der Waals surface area contributed by atoms with Crippen LogP contribution in [0.2, 0.25) is 0 Å². The van der Waals surface area contributed by atoms with E-state index in [0.717, 1.165) is 31.0 Å². The summed E-state index contributed by atoms with van der Waals surface area (Å²) in [5, 5.41) is 2.67. The van der Waals surface area contributed by atoms with E-state index in [-0.39, 0.29) is 16.5 Å². The summed E-state index contributed by atoms with van der Waals surface area (Å²) < 4.78 is 35.8. The van der Waals surface area contributed by atoms with Crippen molar-refractivity contribution >= 4 is 25.6 Å². The number of hydrogen-bond donors (Lipinski definition) is 1. The van der Waals surface area contributed by atoms with Gasteiger partial charge < -0.3 is 5.32 Å². The number of halogens is 2. The second-order valence-corrected chi connectivity index (χ2v) is 6.63. The largest absolute Gasteiger partial charge is 0.349 e. The van der Waals surface area contributed by atoms with Gasteiger partial charge in [-0.3, -0.25) is 4.79 Å². The van der Waals surface area contributed by atoms with E-state index in [9.17, 15) is 17.6 Å². The van der Waals surface area contributed by atoms with Crippen LogP contribution in [0.15, 0.2) is 23.1 Å². The van der Waals surface area contributed by atoms with Gasteiger partial charge in [0.05, 0.1) is 10.5 Å². The summed E-state index contributed by atoms with van der Waals surface area (Å²) in [6, 6.07) is 2.92. The Kier molecular flexibility index (Phi) is 5.31. The molecule has 0 saturated heterocycles. The summed E-state index contributed by atoms with van der Waals surface area (Å²) in [5.41, 5.74) is -0.198. The molecule has 1 aromatic rings. The third-order valence-corrected chi connectivity index (χ3v) is 4.14. The lowest BCUT2D eigenvalue weighted by molar-refractivity contribution is 0.0930. The van der Waals surface area contributed by atoms with Crippen LogP contribution in [0.1, 0.15) is 37.0 Å². The van der Waals surface area contributed by atoms with Crippen LogP contribution in [0.5, 0.6) is 0 Å². The number of benzene rings is 1. The number of nitrogens with one attached hydrogen (secondary N) is 1. The molecule has 0 unspecified atom stereocenters. The molecule has 0 aromatic heterocycles. The average molecular weight is 308 g/mol. The molecule has 19 heavy (non-hydrogen) atoms. The number of hydrogen-bond acceptors (Lipinski definition) is 3. The first kappa shape index (κ1) is 15.9. The van der Waals surface area contributed by atoms with Gasteiger partial charge in [-0.05, 0) is 31.0 Å². The first-order chi connectivity index (χ1) is 8.79. The number of rotatable bonds is 5.